The van der Waals surface area contributed by atoms with Crippen LogP contribution in [-0.4, -0.2) is 159 Å². The van der Waals surface area contributed by atoms with E-state index < -0.39 is 48.6 Å². The van der Waals surface area contributed by atoms with E-state index in [1.807, 2.05) is 60.4 Å². The number of likely N-dealkylation sites (N-methyl/N-ethyl adjacent to an activating group) is 1. The van der Waals surface area contributed by atoms with Gasteiger partial charge >= 0.3 is 0 Å². The Labute approximate surface area is 336 Å². The van der Waals surface area contributed by atoms with Crippen LogP contribution in [0.15, 0.2) is 24.3 Å². The molecule has 2 rings (SSSR count). The Balaban J connectivity index is -0.000000843. The van der Waals surface area contributed by atoms with E-state index in [0.29, 0.717) is 12.8 Å². The highest BCUT2D eigenvalue weighted by Crippen LogP contribution is 2.36. The molecule has 0 spiro atoms. The smallest absolute Gasteiger partial charge is 0.185 e. The van der Waals surface area contributed by atoms with Crippen LogP contribution in [0.5, 0.6) is 0 Å². The number of rotatable bonds is 17. The molecule has 2 aliphatic rings. The fourth-order valence-corrected chi connectivity index (χ4v) is 5.69. The third kappa shape index (κ3) is 26.6. The minimum Gasteiger partial charge on any atom is -0.400 e. The summed E-state index contributed by atoms with van der Waals surface area (Å²) >= 11 is 0. The second kappa shape index (κ2) is 37.0. The molecule has 0 bridgehead atoms. The first-order valence-electron chi connectivity index (χ1n) is 18.8. The summed E-state index contributed by atoms with van der Waals surface area (Å²) in [5.41, 5.74) is -0.937. The Bertz CT molecular complexity index is 1010. The predicted octanol–water partition coefficient (Wildman–Crippen LogP) is 2.84. The fourth-order valence-electron chi connectivity index (χ4n) is 5.69. The van der Waals surface area contributed by atoms with E-state index in [1.54, 1.807) is 38.2 Å². The van der Waals surface area contributed by atoms with Crippen molar-refractivity contribution in [3.8, 4) is 0 Å². The molecule has 0 amide bonds. The molecule has 0 aromatic heterocycles. The van der Waals surface area contributed by atoms with E-state index >= 15 is 0 Å². The number of carbonyl (C=O) groups is 4. The van der Waals surface area contributed by atoms with Crippen molar-refractivity contribution in [2.75, 3.05) is 48.6 Å². The molecule has 332 valence electrons. The highest BCUT2D eigenvalue weighted by Gasteiger charge is 2.49. The van der Waals surface area contributed by atoms with Crippen molar-refractivity contribution in [3.05, 3.63) is 24.3 Å². The van der Waals surface area contributed by atoms with Crippen molar-refractivity contribution >= 4 is 25.1 Å². The highest BCUT2D eigenvalue weighted by molar-refractivity contribution is 5.79. The molecule has 2 saturated heterocycles. The zero-order valence-electron chi connectivity index (χ0n) is 36.2. The zero-order valence-corrected chi connectivity index (χ0v) is 36.2. The Kier molecular flexibility index (Phi) is 39.9. The van der Waals surface area contributed by atoms with Crippen LogP contribution >= 0.6 is 0 Å². The number of nitrogens with zero attached hydrogens (tertiary/aromatic N) is 1. The SMILES string of the molecule is C=O.CC(CC=O)CC(C)C(O)/C=C/C=C/CC(=O)CCOC1OC(C)C(OC2CC(C)(O)C(C)C(C)O2)C(N(C)C)C1O.CC=O.CCO.CO.COOC. The number of ketones is 1. The molecule has 0 saturated carbocycles. The quantitative estimate of drug-likeness (QED) is 0.0616. The van der Waals surface area contributed by atoms with E-state index in [9.17, 15) is 24.9 Å². The number of allylic oxidation sites excluding steroid dienone is 3. The first-order valence-corrected chi connectivity index (χ1v) is 18.8. The van der Waals surface area contributed by atoms with Gasteiger partial charge in [0, 0.05) is 45.3 Å². The lowest BCUT2D eigenvalue weighted by molar-refractivity contribution is -0.328. The van der Waals surface area contributed by atoms with Gasteiger partial charge in [0.05, 0.1) is 50.8 Å². The molecule has 0 aromatic rings. The molecule has 12 unspecified atom stereocenters. The summed E-state index contributed by atoms with van der Waals surface area (Å²) in [7, 11) is 7.61. The minimum absolute atomic E-state index is 0.0233. The predicted molar refractivity (Wildman–Crippen MR) is 213 cm³/mol. The third-order valence-corrected chi connectivity index (χ3v) is 8.90. The van der Waals surface area contributed by atoms with Gasteiger partial charge in [0.1, 0.15) is 37.4 Å². The largest absolute Gasteiger partial charge is 0.400 e. The number of Topliss-reactive ketones (excluding diaryl/α,β-unsaturated/α-hetero) is 1. The Morgan fingerprint density at radius 2 is 1.57 bits per heavy atom. The summed E-state index contributed by atoms with van der Waals surface area (Å²) in [6.07, 6.45) is 6.10. The van der Waals surface area contributed by atoms with E-state index in [1.165, 1.54) is 21.1 Å². The highest BCUT2D eigenvalue weighted by atomic mass is 17.2. The molecule has 2 heterocycles. The number of ether oxygens (including phenoxy) is 4. The Morgan fingerprint density at radius 3 is 2.04 bits per heavy atom. The Hall–Kier alpha value is -2.32. The molecule has 0 aromatic carbocycles. The van der Waals surface area contributed by atoms with Crippen LogP contribution < -0.4 is 0 Å². The van der Waals surface area contributed by atoms with Crippen molar-refractivity contribution in [3.63, 3.8) is 0 Å². The molecule has 0 aliphatic carbocycles. The van der Waals surface area contributed by atoms with Crippen LogP contribution in [-0.2, 0) is 47.9 Å². The lowest BCUT2D eigenvalue weighted by Gasteiger charge is -2.49. The lowest BCUT2D eigenvalue weighted by Crippen LogP contribution is -2.64. The normalized spacial score (nSPS) is 28.6. The topological polar surface area (TPSA) is 228 Å². The molecular weight excluding hydrogens is 734 g/mol. The van der Waals surface area contributed by atoms with Gasteiger partial charge in [0.2, 0.25) is 0 Å². The van der Waals surface area contributed by atoms with Crippen molar-refractivity contribution in [2.24, 2.45) is 17.8 Å². The number of carbonyl (C=O) groups excluding carboxylic acids is 4. The van der Waals surface area contributed by atoms with Gasteiger partial charge in [-0.15, -0.1) is 0 Å². The average Bonchev–Trinajstić information content (AvgIpc) is 3.14. The van der Waals surface area contributed by atoms with Gasteiger partial charge in [-0.05, 0) is 67.0 Å². The number of hydrogen-bond donors (Lipinski definition) is 5. The minimum atomic E-state index is -1.03. The van der Waals surface area contributed by atoms with Crippen LogP contribution in [0, 0.1) is 17.8 Å². The number of aldehydes is 2. The van der Waals surface area contributed by atoms with Gasteiger partial charge in [-0.2, -0.15) is 0 Å². The van der Waals surface area contributed by atoms with Crippen LogP contribution in [0.4, 0.5) is 0 Å². The maximum absolute atomic E-state index is 12.4. The second-order valence-electron chi connectivity index (χ2n) is 13.6. The average molecular weight is 812 g/mol. The number of hydrogen-bond acceptors (Lipinski definition) is 16. The first-order chi connectivity index (χ1) is 26.4. The van der Waals surface area contributed by atoms with Crippen molar-refractivity contribution in [1.29, 1.82) is 0 Å². The third-order valence-electron chi connectivity index (χ3n) is 8.90. The van der Waals surface area contributed by atoms with Gasteiger partial charge in [0.25, 0.3) is 0 Å². The summed E-state index contributed by atoms with van der Waals surface area (Å²) in [6, 6.07) is -0.460. The van der Waals surface area contributed by atoms with E-state index in [4.69, 9.17) is 38.7 Å². The molecule has 2 fully saturated rings. The Morgan fingerprint density at radius 1 is 1.04 bits per heavy atom. The van der Waals surface area contributed by atoms with E-state index in [0.717, 1.165) is 26.1 Å². The van der Waals surface area contributed by atoms with Gasteiger partial charge in [-0.1, -0.05) is 45.1 Å². The first kappa shape index (κ1) is 60.4. The lowest BCUT2D eigenvalue weighted by atomic mass is 9.82. The summed E-state index contributed by atoms with van der Waals surface area (Å²) < 4.78 is 24.1. The monoisotopic (exact) mass is 812 g/mol. The van der Waals surface area contributed by atoms with Crippen LogP contribution in [0.1, 0.15) is 87.5 Å². The van der Waals surface area contributed by atoms with Crippen LogP contribution in [0.3, 0.4) is 0 Å². The molecule has 16 heteroatoms. The van der Waals surface area contributed by atoms with Crippen LogP contribution in [0.25, 0.3) is 0 Å². The van der Waals surface area contributed by atoms with E-state index in [-0.39, 0.29) is 55.7 Å². The summed E-state index contributed by atoms with van der Waals surface area (Å²) in [5, 5.41) is 46.8. The van der Waals surface area contributed by atoms with Gasteiger partial charge in [0.15, 0.2) is 12.6 Å². The van der Waals surface area contributed by atoms with Crippen molar-refractivity contribution in [1.82, 2.24) is 4.90 Å². The molecule has 12 atom stereocenters. The molecule has 2 aliphatic heterocycles. The van der Waals surface area contributed by atoms with Gasteiger partial charge in [-0.3, -0.25) is 4.79 Å². The van der Waals surface area contributed by atoms with Crippen molar-refractivity contribution < 1.29 is 73.4 Å². The van der Waals surface area contributed by atoms with Gasteiger partial charge in [-0.25, -0.2) is 9.78 Å². The molecule has 56 heavy (non-hydrogen) atoms. The fraction of sp³-hybridized carbons (Fsp3) is 0.800. The maximum Gasteiger partial charge on any atom is 0.185 e. The summed E-state index contributed by atoms with van der Waals surface area (Å²) in [6.45, 7) is 16.9. The second-order valence-corrected chi connectivity index (χ2v) is 13.6. The summed E-state index contributed by atoms with van der Waals surface area (Å²) in [4.78, 5) is 49.7. The molecular formula is C40H77NO15. The standard InChI is InChI=1S/C32H55NO9.C2H6O2.C2H6O.C2H4O.CH4O.CH2O/c1-20(14-16-34)18-21(2)26(36)13-11-9-10-12-25(35)15-17-39-31-29(37)28(33(7)8)30(24(5)41-31)42-27-19-32(6,38)22(3)23(4)40-27;1-3-4-2;2*1-2-3;2*1-2/h9-11,13,16,20-24,26-31,36-38H,12,14-15,17-19H2,1-8H3;1-2H3;3H,2H2,1H3;2H,1H3;2H,1H3;1H2/b10-9+,13-11+;;;;;. The number of aliphatic hydroxyl groups is 5. The zero-order chi connectivity index (χ0) is 44.4. The molecule has 0 radical (unpaired) electrons. The van der Waals surface area contributed by atoms with Crippen molar-refractivity contribution in [2.45, 2.75) is 142 Å². The van der Waals surface area contributed by atoms with Crippen LogP contribution in [0.2, 0.25) is 0 Å². The molecule has 16 nitrogen and oxygen atoms in total. The van der Waals surface area contributed by atoms with E-state index in [2.05, 4.69) is 9.78 Å². The molecule has 5 N–H and O–H groups in total. The maximum atomic E-state index is 12.4. The van der Waals surface area contributed by atoms with Gasteiger partial charge < -0.3 is 63.8 Å². The number of aliphatic hydroxyl groups excluding tert-OH is 4. The summed E-state index contributed by atoms with van der Waals surface area (Å²) in [5.74, 6) is 0.188.